The summed E-state index contributed by atoms with van der Waals surface area (Å²) in [6.45, 7) is 40.1. The third-order valence-corrected chi connectivity index (χ3v) is 18.4. The van der Waals surface area contributed by atoms with Crippen LogP contribution in [0.4, 0.5) is 0 Å². The van der Waals surface area contributed by atoms with Crippen LogP contribution in [0.3, 0.4) is 0 Å². The van der Waals surface area contributed by atoms with Crippen LogP contribution in [0.5, 0.6) is 17.2 Å². The van der Waals surface area contributed by atoms with Crippen molar-refractivity contribution in [1.82, 2.24) is 0 Å². The van der Waals surface area contributed by atoms with Gasteiger partial charge in [0.15, 0.2) is 0 Å². The van der Waals surface area contributed by atoms with E-state index in [4.69, 9.17) is 13.6 Å². The molecule has 83 heavy (non-hydrogen) atoms. The molecule has 8 heteroatoms. The summed E-state index contributed by atoms with van der Waals surface area (Å²) in [5, 5.41) is 10.8. The van der Waals surface area contributed by atoms with E-state index in [9.17, 15) is 14.7 Å². The molecule has 434 valence electrons. The summed E-state index contributed by atoms with van der Waals surface area (Å²) in [5.41, 5.74) is 6.56. The summed E-state index contributed by atoms with van der Waals surface area (Å²) in [4.78, 5) is 35.2. The normalized spacial score (nSPS) is 13.3. The molecule has 0 aromatic heterocycles. The van der Waals surface area contributed by atoms with Crippen LogP contribution in [0, 0.1) is 0 Å². The van der Waals surface area contributed by atoms with Gasteiger partial charge in [-0.2, -0.15) is 0 Å². The number of rotatable bonds is 9. The zero-order valence-electron chi connectivity index (χ0n) is 52.3. The van der Waals surface area contributed by atoms with E-state index in [1.54, 1.807) is 0 Å². The Balaban J connectivity index is 0.000000212. The minimum Gasteiger partial charge on any atom is -0.408 e. The standard InChI is InChI=1S/C45H67O3P.C30H21O3P/c1-40(2,3)29-19-27-21-35(42(7,8)9)33(25-31(27)37(23-29)44(13,14)15)39(49(46,47)48)34-26-32-28(22-36(34)43(10,11)12)20-30(41(4,5)6)24-38(32)45(16,17)18;1-4-16-25-22(10-1)13-7-19-28(25)31-34(32-29-20-8-14-23-11-2-5-17-26(23)29)33-30-21-9-15-24-12-3-6-18-27(24)30/h19-26,39,46-49H,1-18H3;1-21H. The minimum atomic E-state index is -4.87. The number of fused-ring (bicyclic) bond motifs is 5. The van der Waals surface area contributed by atoms with Gasteiger partial charge in [0, 0.05) is 16.2 Å². The van der Waals surface area contributed by atoms with E-state index in [0.29, 0.717) is 0 Å². The number of hydrogen-bond acceptors (Lipinski definition) is 6. The smallest absolute Gasteiger partial charge is 0.408 e. The molecular formula is C75H88O6P2. The van der Waals surface area contributed by atoms with E-state index < -0.39 is 22.2 Å². The molecule has 0 unspecified atom stereocenters. The maximum absolute atomic E-state index is 11.7. The number of hydrogen-bond donors (Lipinski definition) is 3. The van der Waals surface area contributed by atoms with Gasteiger partial charge in [-0.3, -0.25) is 0 Å². The van der Waals surface area contributed by atoms with Gasteiger partial charge in [-0.25, -0.2) is 0 Å². The van der Waals surface area contributed by atoms with Gasteiger partial charge < -0.3 is 13.6 Å². The van der Waals surface area contributed by atoms with Crippen molar-refractivity contribution in [3.8, 4) is 17.2 Å². The van der Waals surface area contributed by atoms with E-state index in [2.05, 4.69) is 210 Å². The maximum atomic E-state index is 11.7. The average molecular weight is 1150 g/mol. The van der Waals surface area contributed by atoms with Crippen LogP contribution < -0.4 is 13.6 Å². The monoisotopic (exact) mass is 1150 g/mol. The zero-order valence-corrected chi connectivity index (χ0v) is 54.2. The van der Waals surface area contributed by atoms with Crippen molar-refractivity contribution < 1.29 is 28.3 Å². The van der Waals surface area contributed by atoms with E-state index in [0.717, 1.165) is 93.4 Å². The van der Waals surface area contributed by atoms with Crippen molar-refractivity contribution in [1.29, 1.82) is 0 Å². The maximum Gasteiger partial charge on any atom is 0.530 e. The molecule has 10 aromatic carbocycles. The van der Waals surface area contributed by atoms with Crippen LogP contribution >= 0.6 is 16.5 Å². The van der Waals surface area contributed by atoms with Gasteiger partial charge in [-0.15, -0.1) is 0 Å². The molecule has 0 atom stereocenters. The predicted molar refractivity (Wildman–Crippen MR) is 358 cm³/mol. The van der Waals surface area contributed by atoms with Crippen LogP contribution in [0.1, 0.15) is 175 Å². The van der Waals surface area contributed by atoms with Crippen molar-refractivity contribution in [2.24, 2.45) is 0 Å². The second-order valence-electron chi connectivity index (χ2n) is 28.9. The quantitative estimate of drug-likeness (QED) is 0.125. The van der Waals surface area contributed by atoms with Crippen LogP contribution in [0.25, 0.3) is 53.9 Å². The SMILES string of the molecule is CC(C)(C)c1cc(C(C)(C)C)c2cc(C(c3cc4c(C(C)(C)C)cc(C(C)(C)C)cc4cc3C(C)(C)C)[PH](O)(O)O)c(C(C)(C)C)cc2c1.c1ccc2c(OP(Oc3cccc4ccccc34)Oc3cccc4ccccc34)cccc2c1. The van der Waals surface area contributed by atoms with Crippen LogP contribution in [-0.2, 0) is 32.5 Å². The van der Waals surface area contributed by atoms with Gasteiger partial charge in [-0.1, -0.05) is 109 Å². The summed E-state index contributed by atoms with van der Waals surface area (Å²) >= 11 is 0. The fourth-order valence-corrected chi connectivity index (χ4v) is 13.8. The minimum absolute atomic E-state index is 0.0367. The Morgan fingerprint density at radius 2 is 0.590 bits per heavy atom. The van der Waals surface area contributed by atoms with Gasteiger partial charge in [0.2, 0.25) is 0 Å². The summed E-state index contributed by atoms with van der Waals surface area (Å²) < 4.78 is 19.4. The molecule has 0 heterocycles. The Kier molecular flexibility index (Phi) is 16.6. The molecule has 0 fully saturated rings. The summed E-state index contributed by atoms with van der Waals surface area (Å²) in [6, 6.07) is 60.7. The molecule has 0 amide bonds. The molecule has 0 aliphatic heterocycles. The molecule has 0 saturated carbocycles. The van der Waals surface area contributed by atoms with Crippen molar-refractivity contribution in [3.05, 3.63) is 220 Å². The first-order valence-corrected chi connectivity index (χ1v) is 32.3. The van der Waals surface area contributed by atoms with Gasteiger partial charge in [0.1, 0.15) is 17.2 Å². The molecule has 0 aliphatic rings. The fraction of sp³-hybridized carbons (Fsp3) is 0.333. The topological polar surface area (TPSA) is 88.4 Å². The zero-order chi connectivity index (χ0) is 60.4. The largest absolute Gasteiger partial charge is 0.530 e. The van der Waals surface area contributed by atoms with Gasteiger partial charge in [-0.05, 0) is 34.4 Å². The van der Waals surface area contributed by atoms with Crippen LogP contribution in [-0.4, -0.2) is 14.7 Å². The van der Waals surface area contributed by atoms with E-state index in [1.165, 1.54) is 22.3 Å². The molecule has 0 bridgehead atoms. The Morgan fingerprint density at radius 3 is 0.867 bits per heavy atom. The second kappa shape index (κ2) is 22.6. The first-order chi connectivity index (χ1) is 38.6. The van der Waals surface area contributed by atoms with E-state index in [1.807, 2.05) is 91.0 Å². The van der Waals surface area contributed by atoms with Gasteiger partial charge in [0.25, 0.3) is 0 Å². The molecule has 10 rings (SSSR count). The van der Waals surface area contributed by atoms with Gasteiger partial charge in [0.05, 0.1) is 0 Å². The Hall–Kier alpha value is -6.36. The summed E-state index contributed by atoms with van der Waals surface area (Å²) in [5.74, 6) is 2.18. The molecule has 0 spiro atoms. The molecule has 3 N–H and O–H groups in total. The second-order valence-corrected chi connectivity index (χ2v) is 31.9. The Bertz CT molecular complexity index is 3670. The first kappa shape index (κ1) is 61.2. The molecule has 0 aliphatic carbocycles. The fourth-order valence-electron chi connectivity index (χ4n) is 11.4. The molecule has 0 radical (unpaired) electrons. The third-order valence-electron chi connectivity index (χ3n) is 16.0. The van der Waals surface area contributed by atoms with Crippen molar-refractivity contribution in [2.45, 2.75) is 163 Å². The summed E-state index contributed by atoms with van der Waals surface area (Å²) in [6.07, 6.45) is 0. The Morgan fingerprint density at radius 1 is 0.301 bits per heavy atom. The molecule has 6 nitrogen and oxygen atoms in total. The van der Waals surface area contributed by atoms with Crippen molar-refractivity contribution in [3.63, 3.8) is 0 Å². The Labute approximate surface area is 496 Å². The number of benzene rings is 10. The summed E-state index contributed by atoms with van der Waals surface area (Å²) in [7, 11) is -6.68. The van der Waals surface area contributed by atoms with E-state index in [-0.39, 0.29) is 32.5 Å². The molecule has 10 aromatic rings. The van der Waals surface area contributed by atoms with Crippen LogP contribution in [0.15, 0.2) is 176 Å². The van der Waals surface area contributed by atoms with Gasteiger partial charge >= 0.3 is 309 Å². The first-order valence-electron chi connectivity index (χ1n) is 29.3. The van der Waals surface area contributed by atoms with Crippen molar-refractivity contribution in [2.75, 3.05) is 0 Å². The third kappa shape index (κ3) is 13.4. The predicted octanol–water partition coefficient (Wildman–Crippen LogP) is 21.2. The van der Waals surface area contributed by atoms with Crippen LogP contribution in [0.2, 0.25) is 0 Å². The van der Waals surface area contributed by atoms with E-state index >= 15 is 0 Å². The van der Waals surface area contributed by atoms with Crippen molar-refractivity contribution >= 4 is 70.4 Å². The average Bonchev–Trinajstić information content (AvgIpc) is 1.27. The molecular weight excluding hydrogens is 1060 g/mol. The molecule has 0 saturated heterocycles.